The number of hydrogen-bond donors (Lipinski definition) is 0. The van der Waals surface area contributed by atoms with E-state index in [2.05, 4.69) is 25.1 Å². The Morgan fingerprint density at radius 2 is 1.63 bits per heavy atom. The van der Waals surface area contributed by atoms with Crippen molar-refractivity contribution in [3.8, 4) is 0 Å². The van der Waals surface area contributed by atoms with Crippen LogP contribution < -0.4 is 4.90 Å². The fourth-order valence-corrected chi connectivity index (χ4v) is 2.81. The number of benzene rings is 2. The van der Waals surface area contributed by atoms with Crippen LogP contribution in [0.25, 0.3) is 0 Å². The Hall–Kier alpha value is -2.09. The van der Waals surface area contributed by atoms with Crippen molar-refractivity contribution in [3.05, 3.63) is 65.7 Å². The Kier molecular flexibility index (Phi) is 2.86. The SMILES string of the molecule is C[C@H]1C(=O)N([C@@H](C)c2ccccc2)c2ccccc21. The van der Waals surface area contributed by atoms with Gasteiger partial charge < -0.3 is 4.90 Å². The highest BCUT2D eigenvalue weighted by atomic mass is 16.2. The van der Waals surface area contributed by atoms with E-state index in [1.54, 1.807) is 0 Å². The van der Waals surface area contributed by atoms with Gasteiger partial charge in [-0.25, -0.2) is 0 Å². The third-order valence-corrected chi connectivity index (χ3v) is 3.94. The number of hydrogen-bond acceptors (Lipinski definition) is 1. The molecule has 0 fully saturated rings. The maximum Gasteiger partial charge on any atom is 0.234 e. The van der Waals surface area contributed by atoms with Crippen molar-refractivity contribution in [1.82, 2.24) is 0 Å². The van der Waals surface area contributed by atoms with Gasteiger partial charge in [0.25, 0.3) is 0 Å². The summed E-state index contributed by atoms with van der Waals surface area (Å²) in [5.74, 6) is 0.153. The zero-order valence-corrected chi connectivity index (χ0v) is 11.2. The largest absolute Gasteiger partial charge is 0.304 e. The lowest BCUT2D eigenvalue weighted by atomic mass is 10.0. The highest BCUT2D eigenvalue weighted by molar-refractivity contribution is 6.05. The number of nitrogens with zero attached hydrogens (tertiary/aromatic N) is 1. The molecule has 0 aromatic heterocycles. The molecule has 0 saturated heterocycles. The topological polar surface area (TPSA) is 20.3 Å². The van der Waals surface area contributed by atoms with Gasteiger partial charge in [-0.05, 0) is 31.0 Å². The predicted molar refractivity (Wildman–Crippen MR) is 77.2 cm³/mol. The van der Waals surface area contributed by atoms with Gasteiger partial charge in [0.2, 0.25) is 5.91 Å². The van der Waals surface area contributed by atoms with Crippen molar-refractivity contribution in [2.45, 2.75) is 25.8 Å². The Morgan fingerprint density at radius 3 is 2.37 bits per heavy atom. The molecule has 1 aliphatic heterocycles. The summed E-state index contributed by atoms with van der Waals surface area (Å²) in [6.07, 6.45) is 0. The van der Waals surface area contributed by atoms with Crippen LogP contribution >= 0.6 is 0 Å². The van der Waals surface area contributed by atoms with E-state index < -0.39 is 0 Å². The first-order valence-electron chi connectivity index (χ1n) is 6.67. The number of anilines is 1. The van der Waals surface area contributed by atoms with Crippen LogP contribution in [-0.4, -0.2) is 5.91 Å². The van der Waals surface area contributed by atoms with Crippen LogP contribution in [0, 0.1) is 0 Å². The summed E-state index contributed by atoms with van der Waals surface area (Å²) in [6.45, 7) is 4.07. The molecule has 0 aliphatic carbocycles. The minimum Gasteiger partial charge on any atom is -0.304 e. The van der Waals surface area contributed by atoms with Crippen LogP contribution in [0.15, 0.2) is 54.6 Å². The van der Waals surface area contributed by atoms with Crippen molar-refractivity contribution >= 4 is 11.6 Å². The van der Waals surface area contributed by atoms with Crippen molar-refractivity contribution < 1.29 is 4.79 Å². The molecular weight excluding hydrogens is 234 g/mol. The summed E-state index contributed by atoms with van der Waals surface area (Å²) >= 11 is 0. The van der Waals surface area contributed by atoms with Crippen LogP contribution in [0.2, 0.25) is 0 Å². The van der Waals surface area contributed by atoms with Gasteiger partial charge in [0, 0.05) is 5.69 Å². The molecule has 0 unspecified atom stereocenters. The first-order valence-corrected chi connectivity index (χ1v) is 6.67. The monoisotopic (exact) mass is 251 g/mol. The first kappa shape index (κ1) is 12.0. The van der Waals surface area contributed by atoms with Crippen LogP contribution in [-0.2, 0) is 4.79 Å². The zero-order chi connectivity index (χ0) is 13.4. The van der Waals surface area contributed by atoms with Gasteiger partial charge in [-0.2, -0.15) is 0 Å². The van der Waals surface area contributed by atoms with Gasteiger partial charge in [-0.3, -0.25) is 4.79 Å². The van der Waals surface area contributed by atoms with Crippen LogP contribution in [0.3, 0.4) is 0 Å². The minimum atomic E-state index is -0.0395. The number of amides is 1. The predicted octanol–water partition coefficient (Wildman–Crippen LogP) is 3.90. The molecule has 0 radical (unpaired) electrons. The molecule has 2 nitrogen and oxygen atoms in total. The molecule has 2 atom stereocenters. The van der Waals surface area contributed by atoms with Crippen LogP contribution in [0.1, 0.15) is 36.9 Å². The van der Waals surface area contributed by atoms with Crippen LogP contribution in [0.4, 0.5) is 5.69 Å². The van der Waals surface area contributed by atoms with Crippen molar-refractivity contribution in [2.75, 3.05) is 4.90 Å². The molecule has 2 aromatic carbocycles. The maximum absolute atomic E-state index is 12.5. The average molecular weight is 251 g/mol. The summed E-state index contributed by atoms with van der Waals surface area (Å²) in [5.41, 5.74) is 3.35. The number of para-hydroxylation sites is 1. The second-order valence-electron chi connectivity index (χ2n) is 5.08. The van der Waals surface area contributed by atoms with Gasteiger partial charge in [0.1, 0.15) is 0 Å². The molecule has 1 amide bonds. The Labute approximate surface area is 113 Å². The molecule has 1 aliphatic rings. The Bertz CT molecular complexity index is 606. The average Bonchev–Trinajstić information content (AvgIpc) is 2.72. The summed E-state index contributed by atoms with van der Waals surface area (Å²) < 4.78 is 0. The van der Waals surface area contributed by atoms with Gasteiger partial charge in [-0.15, -0.1) is 0 Å². The summed E-state index contributed by atoms with van der Waals surface area (Å²) in [4.78, 5) is 14.4. The second kappa shape index (κ2) is 4.54. The summed E-state index contributed by atoms with van der Waals surface area (Å²) in [6, 6.07) is 18.3. The van der Waals surface area contributed by atoms with E-state index in [9.17, 15) is 4.79 Å². The van der Waals surface area contributed by atoms with Crippen LogP contribution in [0.5, 0.6) is 0 Å². The molecule has 19 heavy (non-hydrogen) atoms. The highest BCUT2D eigenvalue weighted by Gasteiger charge is 2.36. The highest BCUT2D eigenvalue weighted by Crippen LogP contribution is 2.41. The van der Waals surface area contributed by atoms with E-state index in [1.807, 2.05) is 48.2 Å². The number of rotatable bonds is 2. The Morgan fingerprint density at radius 1 is 1.00 bits per heavy atom. The van der Waals surface area contributed by atoms with E-state index in [4.69, 9.17) is 0 Å². The van der Waals surface area contributed by atoms with Crippen molar-refractivity contribution in [1.29, 1.82) is 0 Å². The van der Waals surface area contributed by atoms with E-state index >= 15 is 0 Å². The molecular formula is C17H17NO. The van der Waals surface area contributed by atoms with Gasteiger partial charge in [0.05, 0.1) is 12.0 Å². The van der Waals surface area contributed by atoms with E-state index in [1.165, 1.54) is 5.56 Å². The Balaban J connectivity index is 2.04. The third-order valence-electron chi connectivity index (χ3n) is 3.94. The van der Waals surface area contributed by atoms with Gasteiger partial charge in [-0.1, -0.05) is 48.5 Å². The lowest BCUT2D eigenvalue weighted by Crippen LogP contribution is -2.30. The standard InChI is InChI=1S/C17H17NO/c1-12-15-10-6-7-11-16(15)18(17(12)19)13(2)14-8-4-3-5-9-14/h3-13H,1-2H3/t12-,13+/m1/s1. The van der Waals surface area contributed by atoms with Gasteiger partial charge >= 0.3 is 0 Å². The van der Waals surface area contributed by atoms with Crippen molar-refractivity contribution in [2.24, 2.45) is 0 Å². The second-order valence-corrected chi connectivity index (χ2v) is 5.08. The lowest BCUT2D eigenvalue weighted by molar-refractivity contribution is -0.119. The molecule has 2 heteroatoms. The fourth-order valence-electron chi connectivity index (χ4n) is 2.81. The fraction of sp³-hybridized carbons (Fsp3) is 0.235. The zero-order valence-electron chi connectivity index (χ0n) is 11.2. The molecule has 0 bridgehead atoms. The van der Waals surface area contributed by atoms with E-state index in [-0.39, 0.29) is 17.9 Å². The summed E-state index contributed by atoms with van der Waals surface area (Å²) in [7, 11) is 0. The quantitative estimate of drug-likeness (QED) is 0.792. The molecule has 0 spiro atoms. The number of carbonyl (C=O) groups excluding carboxylic acids is 1. The minimum absolute atomic E-state index is 0.0395. The normalized spacial score (nSPS) is 19.4. The molecule has 0 N–H and O–H groups in total. The number of carbonyl (C=O) groups is 1. The smallest absolute Gasteiger partial charge is 0.234 e. The molecule has 2 aromatic rings. The first-order chi connectivity index (χ1) is 9.20. The molecule has 96 valence electrons. The van der Waals surface area contributed by atoms with Crippen molar-refractivity contribution in [3.63, 3.8) is 0 Å². The number of fused-ring (bicyclic) bond motifs is 1. The maximum atomic E-state index is 12.5. The lowest BCUT2D eigenvalue weighted by Gasteiger charge is -2.26. The third kappa shape index (κ3) is 1.84. The summed E-state index contributed by atoms with van der Waals surface area (Å²) in [5, 5.41) is 0. The van der Waals surface area contributed by atoms with E-state index in [0.29, 0.717) is 0 Å². The molecule has 3 rings (SSSR count). The molecule has 1 heterocycles. The van der Waals surface area contributed by atoms with E-state index in [0.717, 1.165) is 11.3 Å². The molecule has 0 saturated carbocycles. The van der Waals surface area contributed by atoms with Gasteiger partial charge in [0.15, 0.2) is 0 Å².